The van der Waals surface area contributed by atoms with E-state index in [4.69, 9.17) is 0 Å². The lowest BCUT2D eigenvalue weighted by atomic mass is 10.0. The molecule has 17 heavy (non-hydrogen) atoms. The van der Waals surface area contributed by atoms with Gasteiger partial charge in [-0.05, 0) is 24.3 Å². The van der Waals surface area contributed by atoms with Crippen LogP contribution < -0.4 is 4.73 Å². The van der Waals surface area contributed by atoms with Crippen LogP contribution in [0.4, 0.5) is 13.2 Å². The minimum absolute atomic E-state index is 0.309. The molecule has 2 rings (SSSR count). The fourth-order valence-electron chi connectivity index (χ4n) is 1.45. The quantitative estimate of drug-likeness (QED) is 0.584. The Balaban J connectivity index is 2.41. The number of pyridine rings is 1. The molecule has 0 unspecified atom stereocenters. The van der Waals surface area contributed by atoms with E-state index >= 15 is 0 Å². The van der Waals surface area contributed by atoms with Crippen molar-refractivity contribution in [1.82, 2.24) is 0 Å². The first kappa shape index (κ1) is 11.4. The van der Waals surface area contributed by atoms with Crippen molar-refractivity contribution in [2.45, 2.75) is 5.92 Å². The Bertz CT molecular complexity index is 461. The SMILES string of the molecule is [O-][n+]1ccc(C(F)(F)c2ccc(F)cc2)cc1. The number of rotatable bonds is 2. The minimum atomic E-state index is -3.25. The Hall–Kier alpha value is -2.04. The van der Waals surface area contributed by atoms with Crippen molar-refractivity contribution in [3.05, 3.63) is 70.9 Å². The molecule has 0 saturated carbocycles. The first-order valence-corrected chi connectivity index (χ1v) is 4.83. The molecular weight excluding hydrogens is 231 g/mol. The number of benzene rings is 1. The molecule has 0 atom stereocenters. The molecule has 88 valence electrons. The second-order valence-corrected chi connectivity index (χ2v) is 3.53. The van der Waals surface area contributed by atoms with Crippen molar-refractivity contribution in [3.8, 4) is 0 Å². The Morgan fingerprint density at radius 3 is 1.88 bits per heavy atom. The topological polar surface area (TPSA) is 26.9 Å². The van der Waals surface area contributed by atoms with E-state index in [-0.39, 0.29) is 11.1 Å². The molecule has 5 heteroatoms. The highest BCUT2D eigenvalue weighted by Gasteiger charge is 2.34. The van der Waals surface area contributed by atoms with Gasteiger partial charge in [0.1, 0.15) is 5.82 Å². The molecule has 0 radical (unpaired) electrons. The van der Waals surface area contributed by atoms with Gasteiger partial charge in [-0.2, -0.15) is 13.5 Å². The zero-order chi connectivity index (χ0) is 12.5. The molecule has 1 heterocycles. The summed E-state index contributed by atoms with van der Waals surface area (Å²) in [6.45, 7) is 0. The predicted molar refractivity (Wildman–Crippen MR) is 54.8 cm³/mol. The van der Waals surface area contributed by atoms with E-state index < -0.39 is 11.7 Å². The first-order chi connectivity index (χ1) is 8.00. The summed E-state index contributed by atoms with van der Waals surface area (Å²) in [6.07, 6.45) is 1.99. The van der Waals surface area contributed by atoms with Crippen LogP contribution in [0.2, 0.25) is 0 Å². The Morgan fingerprint density at radius 2 is 1.35 bits per heavy atom. The van der Waals surface area contributed by atoms with Crippen LogP contribution in [0.3, 0.4) is 0 Å². The summed E-state index contributed by atoms with van der Waals surface area (Å²) >= 11 is 0. The molecule has 0 aliphatic carbocycles. The standard InChI is InChI=1S/C12H8F3NO/c13-11-3-1-9(2-4-11)12(14,15)10-5-7-16(17)8-6-10/h1-8H. The maximum absolute atomic E-state index is 13.9. The summed E-state index contributed by atoms with van der Waals surface area (Å²) in [4.78, 5) is 0. The fourth-order valence-corrected chi connectivity index (χ4v) is 1.45. The molecule has 2 nitrogen and oxygen atoms in total. The summed E-state index contributed by atoms with van der Waals surface area (Å²) in [6, 6.07) is 6.06. The fraction of sp³-hybridized carbons (Fsp3) is 0.0833. The highest BCUT2D eigenvalue weighted by molar-refractivity contribution is 5.31. The lowest BCUT2D eigenvalue weighted by Gasteiger charge is -2.16. The average molecular weight is 239 g/mol. The van der Waals surface area contributed by atoms with Gasteiger partial charge in [-0.3, -0.25) is 0 Å². The Labute approximate surface area is 95.5 Å². The van der Waals surface area contributed by atoms with E-state index in [0.29, 0.717) is 4.73 Å². The van der Waals surface area contributed by atoms with Gasteiger partial charge in [-0.25, -0.2) is 4.39 Å². The van der Waals surface area contributed by atoms with Crippen molar-refractivity contribution in [3.63, 3.8) is 0 Å². The van der Waals surface area contributed by atoms with E-state index in [2.05, 4.69) is 0 Å². The maximum atomic E-state index is 13.9. The lowest BCUT2D eigenvalue weighted by molar-refractivity contribution is -0.605. The summed E-state index contributed by atoms with van der Waals surface area (Å²) < 4.78 is 40.9. The number of hydrogen-bond donors (Lipinski definition) is 0. The Morgan fingerprint density at radius 1 is 0.882 bits per heavy atom. The van der Waals surface area contributed by atoms with Crippen LogP contribution in [-0.4, -0.2) is 0 Å². The van der Waals surface area contributed by atoms with Crippen LogP contribution in [0.1, 0.15) is 11.1 Å². The predicted octanol–water partition coefficient (Wildman–Crippen LogP) is 2.60. The first-order valence-electron chi connectivity index (χ1n) is 4.83. The van der Waals surface area contributed by atoms with Crippen molar-refractivity contribution >= 4 is 0 Å². The van der Waals surface area contributed by atoms with E-state index in [1.807, 2.05) is 0 Å². The van der Waals surface area contributed by atoms with Crippen LogP contribution in [0.25, 0.3) is 0 Å². The molecule has 0 saturated heterocycles. The molecule has 0 spiro atoms. The lowest BCUT2D eigenvalue weighted by Crippen LogP contribution is -2.26. The number of hydrogen-bond acceptors (Lipinski definition) is 1. The number of halogens is 3. The smallest absolute Gasteiger partial charge is 0.298 e. The maximum Gasteiger partial charge on any atom is 0.298 e. The van der Waals surface area contributed by atoms with E-state index in [1.54, 1.807) is 0 Å². The highest BCUT2D eigenvalue weighted by Crippen LogP contribution is 2.34. The van der Waals surface area contributed by atoms with Gasteiger partial charge in [0, 0.05) is 23.3 Å². The van der Waals surface area contributed by atoms with Gasteiger partial charge in [0.2, 0.25) is 0 Å². The molecule has 2 aromatic rings. The van der Waals surface area contributed by atoms with Gasteiger partial charge < -0.3 is 5.21 Å². The molecule has 0 bridgehead atoms. The van der Waals surface area contributed by atoms with Crippen LogP contribution >= 0.6 is 0 Å². The van der Waals surface area contributed by atoms with E-state index in [1.165, 1.54) is 0 Å². The van der Waals surface area contributed by atoms with Crippen LogP contribution in [0.15, 0.2) is 48.8 Å². The van der Waals surface area contributed by atoms with Gasteiger partial charge in [0.05, 0.1) is 0 Å². The average Bonchev–Trinajstić information content (AvgIpc) is 2.30. The van der Waals surface area contributed by atoms with Crippen molar-refractivity contribution in [1.29, 1.82) is 0 Å². The molecular formula is C12H8F3NO. The number of aromatic nitrogens is 1. The minimum Gasteiger partial charge on any atom is -0.619 e. The third-order valence-corrected chi connectivity index (χ3v) is 2.37. The van der Waals surface area contributed by atoms with Crippen molar-refractivity contribution < 1.29 is 17.9 Å². The zero-order valence-corrected chi connectivity index (χ0v) is 8.61. The summed E-state index contributed by atoms with van der Waals surface area (Å²) in [7, 11) is 0. The van der Waals surface area contributed by atoms with Crippen molar-refractivity contribution in [2.75, 3.05) is 0 Å². The summed E-state index contributed by atoms with van der Waals surface area (Å²) in [5.41, 5.74) is -0.626. The highest BCUT2D eigenvalue weighted by atomic mass is 19.3. The van der Waals surface area contributed by atoms with Gasteiger partial charge in [0.15, 0.2) is 12.4 Å². The zero-order valence-electron chi connectivity index (χ0n) is 8.61. The van der Waals surface area contributed by atoms with Crippen LogP contribution in [0, 0.1) is 11.0 Å². The molecule has 0 aliphatic heterocycles. The third-order valence-electron chi connectivity index (χ3n) is 2.37. The second kappa shape index (κ2) is 4.08. The Kier molecular flexibility index (Phi) is 2.75. The van der Waals surface area contributed by atoms with Crippen LogP contribution in [-0.2, 0) is 5.92 Å². The van der Waals surface area contributed by atoms with Gasteiger partial charge >= 0.3 is 0 Å². The second-order valence-electron chi connectivity index (χ2n) is 3.53. The summed E-state index contributed by atoms with van der Waals surface area (Å²) in [5, 5.41) is 10.8. The molecule has 0 amide bonds. The molecule has 0 fully saturated rings. The third kappa shape index (κ3) is 2.22. The molecule has 0 N–H and O–H groups in total. The monoisotopic (exact) mass is 239 g/mol. The molecule has 0 aliphatic rings. The number of alkyl halides is 2. The largest absolute Gasteiger partial charge is 0.619 e. The van der Waals surface area contributed by atoms with Gasteiger partial charge in [0.25, 0.3) is 5.92 Å². The van der Waals surface area contributed by atoms with E-state index in [0.717, 1.165) is 48.8 Å². The van der Waals surface area contributed by atoms with Crippen molar-refractivity contribution in [2.24, 2.45) is 0 Å². The number of nitrogens with zero attached hydrogens (tertiary/aromatic N) is 1. The normalized spacial score (nSPS) is 11.5. The van der Waals surface area contributed by atoms with Gasteiger partial charge in [-0.1, -0.05) is 0 Å². The van der Waals surface area contributed by atoms with E-state index in [9.17, 15) is 18.4 Å². The molecule has 1 aromatic carbocycles. The molecule has 1 aromatic heterocycles. The van der Waals surface area contributed by atoms with Gasteiger partial charge in [-0.15, -0.1) is 0 Å². The van der Waals surface area contributed by atoms with Crippen LogP contribution in [0.5, 0.6) is 0 Å². The summed E-state index contributed by atoms with van der Waals surface area (Å²) in [5.74, 6) is -3.82.